The molecule has 104 valence electrons. The van der Waals surface area contributed by atoms with Crippen molar-refractivity contribution in [3.05, 3.63) is 29.8 Å². The topological polar surface area (TPSA) is 63.7 Å². The van der Waals surface area contributed by atoms with Gasteiger partial charge in [-0.1, -0.05) is 28.1 Å². The van der Waals surface area contributed by atoms with Gasteiger partial charge in [0.25, 0.3) is 0 Å². The predicted octanol–water partition coefficient (Wildman–Crippen LogP) is 1.29. The van der Waals surface area contributed by atoms with Gasteiger partial charge in [-0.3, -0.25) is 4.79 Å². The Labute approximate surface area is 120 Å². The average Bonchev–Trinajstić information content (AvgIpc) is 2.47. The van der Waals surface area contributed by atoms with E-state index in [1.807, 2.05) is 0 Å². The van der Waals surface area contributed by atoms with Gasteiger partial charge in [0, 0.05) is 18.7 Å². The lowest BCUT2D eigenvalue weighted by molar-refractivity contribution is 0.0730. The van der Waals surface area contributed by atoms with E-state index < -0.39 is 10.0 Å². The molecule has 19 heavy (non-hydrogen) atoms. The maximum Gasteiger partial charge on any atom is 0.243 e. The normalized spacial score (nSPS) is 17.3. The molecule has 1 aromatic carbocycles. The lowest BCUT2D eigenvalue weighted by atomic mass is 10.2. The first-order chi connectivity index (χ1) is 9.05. The van der Waals surface area contributed by atoms with Crippen molar-refractivity contribution in [3.8, 4) is 0 Å². The third kappa shape index (κ3) is 3.22. The fourth-order valence-electron chi connectivity index (χ4n) is 1.84. The third-order valence-electron chi connectivity index (χ3n) is 2.89. The molecule has 1 aromatic rings. The summed E-state index contributed by atoms with van der Waals surface area (Å²) in [6.45, 7) is 1.50. The fraction of sp³-hybridized carbons (Fsp3) is 0.417. The number of Topliss-reactive ketones (excluding diaryl/α,β-unsaturated/α-hetero) is 1. The Balaban J connectivity index is 2.32. The number of halogens is 1. The van der Waals surface area contributed by atoms with Gasteiger partial charge in [-0.15, -0.1) is 0 Å². The molecule has 0 N–H and O–H groups in total. The molecule has 1 aliphatic heterocycles. The molecular weight excluding hydrogens is 334 g/mol. The minimum Gasteiger partial charge on any atom is -0.379 e. The standard InChI is InChI=1S/C12H14BrNO4S/c13-9-12(15)10-2-1-3-11(8-10)19(16,17)14-4-6-18-7-5-14/h1-3,8H,4-7,9H2. The molecule has 0 unspecified atom stereocenters. The summed E-state index contributed by atoms with van der Waals surface area (Å²) < 4.78 is 31.3. The summed E-state index contributed by atoms with van der Waals surface area (Å²) in [5.41, 5.74) is 0.395. The SMILES string of the molecule is O=C(CBr)c1cccc(S(=O)(=O)N2CCOCC2)c1. The lowest BCUT2D eigenvalue weighted by Crippen LogP contribution is -2.40. The van der Waals surface area contributed by atoms with Crippen molar-refractivity contribution in [3.63, 3.8) is 0 Å². The number of ether oxygens (including phenoxy) is 1. The molecule has 1 saturated heterocycles. The molecular formula is C12H14BrNO4S. The van der Waals surface area contributed by atoms with Gasteiger partial charge in [0.15, 0.2) is 5.78 Å². The van der Waals surface area contributed by atoms with E-state index in [0.29, 0.717) is 31.9 Å². The predicted molar refractivity (Wildman–Crippen MR) is 74.1 cm³/mol. The first kappa shape index (κ1) is 14.6. The Hall–Kier alpha value is -0.760. The summed E-state index contributed by atoms with van der Waals surface area (Å²) in [6, 6.07) is 6.13. The van der Waals surface area contributed by atoms with Gasteiger partial charge in [0.1, 0.15) is 0 Å². The monoisotopic (exact) mass is 347 g/mol. The number of carbonyl (C=O) groups excluding carboxylic acids is 1. The van der Waals surface area contributed by atoms with Crippen molar-refractivity contribution in [2.24, 2.45) is 0 Å². The Morgan fingerprint density at radius 2 is 2.00 bits per heavy atom. The summed E-state index contributed by atoms with van der Waals surface area (Å²) >= 11 is 3.08. The first-order valence-electron chi connectivity index (χ1n) is 5.83. The molecule has 0 atom stereocenters. The largest absolute Gasteiger partial charge is 0.379 e. The van der Waals surface area contributed by atoms with Crippen LogP contribution < -0.4 is 0 Å². The van der Waals surface area contributed by atoms with E-state index in [1.165, 1.54) is 16.4 Å². The zero-order valence-electron chi connectivity index (χ0n) is 10.2. The second kappa shape index (κ2) is 6.13. The number of rotatable bonds is 4. The van der Waals surface area contributed by atoms with Crippen LogP contribution in [-0.4, -0.2) is 50.1 Å². The first-order valence-corrected chi connectivity index (χ1v) is 8.39. The summed E-state index contributed by atoms with van der Waals surface area (Å²) in [7, 11) is -3.54. The highest BCUT2D eigenvalue weighted by Gasteiger charge is 2.26. The van der Waals surface area contributed by atoms with E-state index >= 15 is 0 Å². The number of ketones is 1. The number of carbonyl (C=O) groups is 1. The fourth-order valence-corrected chi connectivity index (χ4v) is 3.62. The van der Waals surface area contributed by atoms with Crippen molar-refractivity contribution in [2.75, 3.05) is 31.6 Å². The van der Waals surface area contributed by atoms with Crippen LogP contribution in [0.5, 0.6) is 0 Å². The zero-order chi connectivity index (χ0) is 13.9. The summed E-state index contributed by atoms with van der Waals surface area (Å²) in [6.07, 6.45) is 0. The molecule has 0 aromatic heterocycles. The highest BCUT2D eigenvalue weighted by Crippen LogP contribution is 2.18. The van der Waals surface area contributed by atoms with E-state index in [2.05, 4.69) is 15.9 Å². The smallest absolute Gasteiger partial charge is 0.243 e. The van der Waals surface area contributed by atoms with Crippen LogP contribution in [0.3, 0.4) is 0 Å². The van der Waals surface area contributed by atoms with Crippen molar-refractivity contribution in [1.82, 2.24) is 4.31 Å². The van der Waals surface area contributed by atoms with Gasteiger partial charge >= 0.3 is 0 Å². The third-order valence-corrected chi connectivity index (χ3v) is 5.29. The molecule has 0 saturated carbocycles. The number of morpholine rings is 1. The van der Waals surface area contributed by atoms with E-state index in [0.717, 1.165) is 0 Å². The molecule has 1 fully saturated rings. The van der Waals surface area contributed by atoms with E-state index in [-0.39, 0.29) is 16.0 Å². The van der Waals surface area contributed by atoms with Crippen LogP contribution in [0, 0.1) is 0 Å². The lowest BCUT2D eigenvalue weighted by Gasteiger charge is -2.26. The van der Waals surface area contributed by atoms with Crippen LogP contribution in [0.1, 0.15) is 10.4 Å². The van der Waals surface area contributed by atoms with Crippen LogP contribution in [-0.2, 0) is 14.8 Å². The average molecular weight is 348 g/mol. The van der Waals surface area contributed by atoms with Crippen LogP contribution in [0.4, 0.5) is 0 Å². The second-order valence-electron chi connectivity index (χ2n) is 4.10. The molecule has 0 radical (unpaired) electrons. The van der Waals surface area contributed by atoms with Crippen molar-refractivity contribution >= 4 is 31.7 Å². The van der Waals surface area contributed by atoms with Gasteiger partial charge in [0.2, 0.25) is 10.0 Å². The second-order valence-corrected chi connectivity index (χ2v) is 6.60. The molecule has 5 nitrogen and oxygen atoms in total. The molecule has 2 rings (SSSR count). The minimum absolute atomic E-state index is 0.140. The van der Waals surface area contributed by atoms with Gasteiger partial charge in [-0.2, -0.15) is 4.31 Å². The Morgan fingerprint density at radius 3 is 2.63 bits per heavy atom. The number of nitrogens with zero attached hydrogens (tertiary/aromatic N) is 1. The highest BCUT2D eigenvalue weighted by molar-refractivity contribution is 9.09. The highest BCUT2D eigenvalue weighted by atomic mass is 79.9. The van der Waals surface area contributed by atoms with Crippen LogP contribution in [0.25, 0.3) is 0 Å². The van der Waals surface area contributed by atoms with Crippen molar-refractivity contribution < 1.29 is 17.9 Å². The summed E-state index contributed by atoms with van der Waals surface area (Å²) in [5.74, 6) is -0.140. The van der Waals surface area contributed by atoms with Crippen LogP contribution in [0.2, 0.25) is 0 Å². The van der Waals surface area contributed by atoms with E-state index in [9.17, 15) is 13.2 Å². The van der Waals surface area contributed by atoms with Gasteiger partial charge in [-0.05, 0) is 12.1 Å². The number of sulfonamides is 1. The van der Waals surface area contributed by atoms with E-state index in [4.69, 9.17) is 4.74 Å². The minimum atomic E-state index is -3.54. The number of hydrogen-bond acceptors (Lipinski definition) is 4. The number of alkyl halides is 1. The van der Waals surface area contributed by atoms with Crippen LogP contribution in [0.15, 0.2) is 29.2 Å². The molecule has 0 spiro atoms. The summed E-state index contributed by atoms with van der Waals surface area (Å²) in [4.78, 5) is 11.7. The van der Waals surface area contributed by atoms with Crippen LogP contribution >= 0.6 is 15.9 Å². The molecule has 0 amide bonds. The Kier molecular flexibility index (Phi) is 4.72. The number of hydrogen-bond donors (Lipinski definition) is 0. The van der Waals surface area contributed by atoms with Gasteiger partial charge in [-0.25, -0.2) is 8.42 Å². The van der Waals surface area contributed by atoms with Gasteiger partial charge in [0.05, 0.1) is 23.4 Å². The molecule has 1 heterocycles. The molecule has 0 bridgehead atoms. The Bertz CT molecular complexity index is 567. The maximum atomic E-state index is 12.4. The maximum absolute atomic E-state index is 12.4. The van der Waals surface area contributed by atoms with Crippen molar-refractivity contribution in [1.29, 1.82) is 0 Å². The summed E-state index contributed by atoms with van der Waals surface area (Å²) in [5, 5.41) is 0.175. The van der Waals surface area contributed by atoms with E-state index in [1.54, 1.807) is 12.1 Å². The zero-order valence-corrected chi connectivity index (χ0v) is 12.6. The van der Waals surface area contributed by atoms with Crippen molar-refractivity contribution in [2.45, 2.75) is 4.90 Å². The Morgan fingerprint density at radius 1 is 1.32 bits per heavy atom. The molecule has 1 aliphatic rings. The van der Waals surface area contributed by atoms with Gasteiger partial charge < -0.3 is 4.74 Å². The quantitative estimate of drug-likeness (QED) is 0.608. The number of benzene rings is 1. The molecule has 7 heteroatoms. The molecule has 0 aliphatic carbocycles.